The Kier molecular flexibility index (Phi) is 4.89. The molecular formula is C10H11Cl2N3O3. The van der Waals surface area contributed by atoms with E-state index in [0.29, 0.717) is 0 Å². The Morgan fingerprint density at radius 1 is 1.56 bits per heavy atom. The van der Waals surface area contributed by atoms with E-state index in [-0.39, 0.29) is 33.9 Å². The van der Waals surface area contributed by atoms with Crippen molar-refractivity contribution in [1.29, 1.82) is 0 Å². The van der Waals surface area contributed by atoms with Crippen LogP contribution in [0.15, 0.2) is 12.1 Å². The van der Waals surface area contributed by atoms with Crippen LogP contribution >= 0.6 is 23.2 Å². The van der Waals surface area contributed by atoms with E-state index >= 15 is 0 Å². The van der Waals surface area contributed by atoms with Gasteiger partial charge in [-0.05, 0) is 6.92 Å². The molecule has 0 radical (unpaired) electrons. The number of hydrogen-bond acceptors (Lipinski definition) is 4. The third kappa shape index (κ3) is 3.32. The van der Waals surface area contributed by atoms with Crippen molar-refractivity contribution in [2.75, 3.05) is 6.54 Å². The van der Waals surface area contributed by atoms with Crippen LogP contribution in [0, 0.1) is 10.1 Å². The lowest BCUT2D eigenvalue weighted by molar-refractivity contribution is -0.384. The highest BCUT2D eigenvalue weighted by molar-refractivity contribution is 6.44. The largest absolute Gasteiger partial charge is 0.348 e. The zero-order valence-corrected chi connectivity index (χ0v) is 11.0. The molecule has 18 heavy (non-hydrogen) atoms. The summed E-state index contributed by atoms with van der Waals surface area (Å²) in [6.07, 6.45) is 0. The molecule has 3 N–H and O–H groups in total. The average molecular weight is 292 g/mol. The van der Waals surface area contributed by atoms with Crippen molar-refractivity contribution in [3.8, 4) is 0 Å². The van der Waals surface area contributed by atoms with Gasteiger partial charge in [-0.2, -0.15) is 0 Å². The highest BCUT2D eigenvalue weighted by Gasteiger charge is 2.20. The van der Waals surface area contributed by atoms with Gasteiger partial charge in [-0.1, -0.05) is 23.2 Å². The molecule has 0 aliphatic rings. The lowest BCUT2D eigenvalue weighted by atomic mass is 10.1. The molecule has 0 fully saturated rings. The molecule has 0 saturated heterocycles. The van der Waals surface area contributed by atoms with Crippen molar-refractivity contribution in [1.82, 2.24) is 5.32 Å². The monoisotopic (exact) mass is 291 g/mol. The smallest absolute Gasteiger partial charge is 0.271 e. The Morgan fingerprint density at radius 2 is 2.17 bits per heavy atom. The second-order valence-corrected chi connectivity index (χ2v) is 4.44. The molecule has 1 amide bonds. The molecule has 1 aromatic carbocycles. The van der Waals surface area contributed by atoms with Crippen molar-refractivity contribution >= 4 is 34.8 Å². The van der Waals surface area contributed by atoms with Gasteiger partial charge in [-0.25, -0.2) is 0 Å². The summed E-state index contributed by atoms with van der Waals surface area (Å²) in [5.41, 5.74) is 5.02. The van der Waals surface area contributed by atoms with E-state index in [1.807, 2.05) is 0 Å². The first-order valence-electron chi connectivity index (χ1n) is 5.01. The van der Waals surface area contributed by atoms with Gasteiger partial charge < -0.3 is 11.1 Å². The van der Waals surface area contributed by atoms with Gasteiger partial charge in [-0.15, -0.1) is 0 Å². The minimum Gasteiger partial charge on any atom is -0.348 e. The fourth-order valence-corrected chi connectivity index (χ4v) is 1.61. The molecule has 0 saturated carbocycles. The molecule has 6 nitrogen and oxygen atoms in total. The van der Waals surface area contributed by atoms with Crippen LogP contribution in [0.3, 0.4) is 0 Å². The quantitative estimate of drug-likeness (QED) is 0.654. The van der Waals surface area contributed by atoms with E-state index in [2.05, 4.69) is 5.32 Å². The van der Waals surface area contributed by atoms with Crippen LogP contribution in [-0.2, 0) is 0 Å². The van der Waals surface area contributed by atoms with Gasteiger partial charge in [-0.3, -0.25) is 14.9 Å². The minimum atomic E-state index is -0.647. The van der Waals surface area contributed by atoms with Crippen LogP contribution in [0.5, 0.6) is 0 Å². The summed E-state index contributed by atoms with van der Waals surface area (Å²) in [5.74, 6) is -0.552. The third-order valence-corrected chi connectivity index (χ3v) is 3.00. The molecule has 0 aliphatic carbocycles. The van der Waals surface area contributed by atoms with E-state index in [4.69, 9.17) is 28.9 Å². The molecule has 1 rings (SSSR count). The zero-order chi connectivity index (χ0) is 13.9. The summed E-state index contributed by atoms with van der Waals surface area (Å²) < 4.78 is 0. The number of non-ortho nitro benzene ring substituents is 1. The second-order valence-electron chi connectivity index (χ2n) is 3.66. The maximum Gasteiger partial charge on any atom is 0.271 e. The predicted octanol–water partition coefficient (Wildman–Crippen LogP) is 1.98. The highest BCUT2D eigenvalue weighted by Crippen LogP contribution is 2.30. The summed E-state index contributed by atoms with van der Waals surface area (Å²) >= 11 is 11.6. The number of benzene rings is 1. The van der Waals surface area contributed by atoms with E-state index < -0.39 is 10.8 Å². The molecule has 8 heteroatoms. The summed E-state index contributed by atoms with van der Waals surface area (Å²) in [7, 11) is 0. The summed E-state index contributed by atoms with van der Waals surface area (Å²) in [6, 6.07) is 1.89. The van der Waals surface area contributed by atoms with Crippen LogP contribution in [0.1, 0.15) is 17.3 Å². The number of carbonyl (C=O) groups excluding carboxylic acids is 1. The number of halogens is 2. The standard InChI is InChI=1S/C10H11Cl2N3O3/c1-5(4-13)14-10(16)7-2-6(15(17)18)3-8(11)9(7)12/h2-3,5H,4,13H2,1H3,(H,14,16)/t5-/m1/s1. The van der Waals surface area contributed by atoms with Crippen molar-refractivity contribution in [2.45, 2.75) is 13.0 Å². The molecule has 0 bridgehead atoms. The molecule has 0 aliphatic heterocycles. The van der Waals surface area contributed by atoms with Gasteiger partial charge >= 0.3 is 0 Å². The van der Waals surface area contributed by atoms with Crippen molar-refractivity contribution in [2.24, 2.45) is 5.73 Å². The van der Waals surface area contributed by atoms with Crippen LogP contribution in [0.25, 0.3) is 0 Å². The van der Waals surface area contributed by atoms with Gasteiger partial charge in [0, 0.05) is 24.7 Å². The zero-order valence-electron chi connectivity index (χ0n) is 9.44. The molecule has 0 unspecified atom stereocenters. The Bertz CT molecular complexity index is 494. The highest BCUT2D eigenvalue weighted by atomic mass is 35.5. The first-order chi connectivity index (χ1) is 8.36. The molecule has 1 atom stereocenters. The summed E-state index contributed by atoms with van der Waals surface area (Å²) in [5, 5.41) is 13.2. The third-order valence-electron chi connectivity index (χ3n) is 2.20. The van der Waals surface area contributed by atoms with Gasteiger partial charge in [0.15, 0.2) is 0 Å². The Labute approximate surface area is 113 Å². The number of rotatable bonds is 4. The van der Waals surface area contributed by atoms with Crippen LogP contribution in [0.2, 0.25) is 10.0 Å². The topological polar surface area (TPSA) is 98.3 Å². The Morgan fingerprint density at radius 3 is 2.67 bits per heavy atom. The minimum absolute atomic E-state index is 0.0241. The number of amides is 1. The van der Waals surface area contributed by atoms with Gasteiger partial charge in [0.1, 0.15) is 0 Å². The van der Waals surface area contributed by atoms with Crippen LogP contribution < -0.4 is 11.1 Å². The predicted molar refractivity (Wildman–Crippen MR) is 69.1 cm³/mol. The molecule has 0 aromatic heterocycles. The van der Waals surface area contributed by atoms with E-state index in [1.54, 1.807) is 6.92 Å². The van der Waals surface area contributed by atoms with Crippen LogP contribution in [0.4, 0.5) is 5.69 Å². The number of nitrogens with two attached hydrogens (primary N) is 1. The van der Waals surface area contributed by atoms with Gasteiger partial charge in [0.25, 0.3) is 11.6 Å². The fraction of sp³-hybridized carbons (Fsp3) is 0.300. The van der Waals surface area contributed by atoms with Crippen molar-refractivity contribution in [3.05, 3.63) is 37.9 Å². The van der Waals surface area contributed by atoms with Crippen molar-refractivity contribution in [3.63, 3.8) is 0 Å². The van der Waals surface area contributed by atoms with E-state index in [9.17, 15) is 14.9 Å². The van der Waals surface area contributed by atoms with Gasteiger partial charge in [0.05, 0.1) is 20.5 Å². The maximum absolute atomic E-state index is 11.8. The number of hydrogen-bond donors (Lipinski definition) is 2. The Hall–Kier alpha value is -1.37. The molecular weight excluding hydrogens is 281 g/mol. The molecule has 98 valence electrons. The molecule has 0 spiro atoms. The number of nitrogens with zero attached hydrogens (tertiary/aromatic N) is 1. The number of nitrogens with one attached hydrogen (secondary N) is 1. The second kappa shape index (κ2) is 5.99. The summed E-state index contributed by atoms with van der Waals surface area (Å²) in [4.78, 5) is 21.9. The van der Waals surface area contributed by atoms with Gasteiger partial charge in [0.2, 0.25) is 0 Å². The lowest BCUT2D eigenvalue weighted by Crippen LogP contribution is -2.37. The average Bonchev–Trinajstić information content (AvgIpc) is 2.31. The molecule has 1 aromatic rings. The number of carbonyl (C=O) groups is 1. The first-order valence-corrected chi connectivity index (χ1v) is 5.76. The fourth-order valence-electron chi connectivity index (χ4n) is 1.21. The lowest BCUT2D eigenvalue weighted by Gasteiger charge is -2.12. The van der Waals surface area contributed by atoms with E-state index in [1.165, 1.54) is 0 Å². The maximum atomic E-state index is 11.8. The number of nitro groups is 1. The number of nitro benzene ring substituents is 1. The SMILES string of the molecule is C[C@H](CN)NC(=O)c1cc([N+](=O)[O-])cc(Cl)c1Cl. The van der Waals surface area contributed by atoms with E-state index in [0.717, 1.165) is 12.1 Å². The first kappa shape index (κ1) is 14.7. The normalized spacial score (nSPS) is 12.0. The van der Waals surface area contributed by atoms with Crippen molar-refractivity contribution < 1.29 is 9.72 Å². The van der Waals surface area contributed by atoms with Crippen LogP contribution in [-0.4, -0.2) is 23.4 Å². The Balaban J connectivity index is 3.14. The summed E-state index contributed by atoms with van der Waals surface area (Å²) in [6.45, 7) is 1.94. The molecule has 0 heterocycles.